The minimum Gasteiger partial charge on any atom is -0.487 e. The number of rotatable bonds is 4. The van der Waals surface area contributed by atoms with Gasteiger partial charge < -0.3 is 4.74 Å². The highest BCUT2D eigenvalue weighted by atomic mass is 16.5. The molecule has 0 saturated carbocycles. The molecule has 0 radical (unpaired) electrons. The van der Waals surface area contributed by atoms with Gasteiger partial charge in [-0.3, -0.25) is 4.98 Å². The molecule has 0 atom stereocenters. The van der Waals surface area contributed by atoms with Crippen molar-refractivity contribution in [2.45, 2.75) is 6.92 Å². The number of hydrogen-bond donors (Lipinski definition) is 0. The first-order valence-electron chi connectivity index (χ1n) is 6.98. The number of benzene rings is 2. The molecule has 0 aliphatic rings. The maximum absolute atomic E-state index is 5.70. The van der Waals surface area contributed by atoms with Crippen molar-refractivity contribution in [1.82, 2.24) is 4.98 Å². The lowest BCUT2D eigenvalue weighted by molar-refractivity contribution is 0.366. The van der Waals surface area contributed by atoms with Crippen LogP contribution in [0.3, 0.4) is 0 Å². The van der Waals surface area contributed by atoms with Gasteiger partial charge in [0.1, 0.15) is 12.4 Å². The van der Waals surface area contributed by atoms with Gasteiger partial charge in [0.05, 0.1) is 11.9 Å². The van der Waals surface area contributed by atoms with Crippen molar-refractivity contribution < 1.29 is 4.74 Å². The predicted octanol–water partition coefficient (Wildman–Crippen LogP) is 4.78. The summed E-state index contributed by atoms with van der Waals surface area (Å²) in [5.41, 5.74) is 3.35. The van der Waals surface area contributed by atoms with Gasteiger partial charge in [-0.1, -0.05) is 66.7 Å². The third-order valence-corrected chi connectivity index (χ3v) is 3.44. The van der Waals surface area contributed by atoms with Crippen LogP contribution in [-0.4, -0.2) is 11.6 Å². The molecule has 1 aromatic heterocycles. The molecule has 0 bridgehead atoms. The standard InChI is InChI=1S/C19H17NO/c1-3-12-21-18-13-20-19(15-10-8-14(2)9-11-15)17-7-5-4-6-16(17)18/h3-11,13H,1,12H2,2H3. The molecular formula is C19H17NO. The summed E-state index contributed by atoms with van der Waals surface area (Å²) in [6.07, 6.45) is 3.53. The van der Waals surface area contributed by atoms with Crippen LogP contribution in [0, 0.1) is 6.92 Å². The Bertz CT molecular complexity index is 775. The topological polar surface area (TPSA) is 22.1 Å². The first-order chi connectivity index (χ1) is 10.3. The van der Waals surface area contributed by atoms with Crippen molar-refractivity contribution in [1.29, 1.82) is 0 Å². The van der Waals surface area contributed by atoms with Gasteiger partial charge in [0.2, 0.25) is 0 Å². The Labute approximate surface area is 124 Å². The van der Waals surface area contributed by atoms with Gasteiger partial charge in [0.25, 0.3) is 0 Å². The summed E-state index contributed by atoms with van der Waals surface area (Å²) in [4.78, 5) is 4.60. The van der Waals surface area contributed by atoms with Crippen molar-refractivity contribution in [3.05, 3.63) is 72.9 Å². The van der Waals surface area contributed by atoms with E-state index >= 15 is 0 Å². The number of ether oxygens (including phenoxy) is 1. The molecule has 1 heterocycles. The van der Waals surface area contributed by atoms with Gasteiger partial charge in [0, 0.05) is 16.3 Å². The quantitative estimate of drug-likeness (QED) is 0.639. The van der Waals surface area contributed by atoms with Gasteiger partial charge in [0.15, 0.2) is 0 Å². The van der Waals surface area contributed by atoms with E-state index in [0.29, 0.717) is 6.61 Å². The number of nitrogens with zero attached hydrogens (tertiary/aromatic N) is 1. The molecule has 3 rings (SSSR count). The molecule has 2 aromatic carbocycles. The van der Waals surface area contributed by atoms with E-state index in [2.05, 4.69) is 54.9 Å². The Morgan fingerprint density at radius 1 is 1.05 bits per heavy atom. The second-order valence-electron chi connectivity index (χ2n) is 4.98. The van der Waals surface area contributed by atoms with Crippen LogP contribution in [0.4, 0.5) is 0 Å². The van der Waals surface area contributed by atoms with Crippen molar-refractivity contribution in [3.63, 3.8) is 0 Å². The summed E-state index contributed by atoms with van der Waals surface area (Å²) < 4.78 is 5.70. The van der Waals surface area contributed by atoms with E-state index in [1.165, 1.54) is 5.56 Å². The maximum atomic E-state index is 5.70. The van der Waals surface area contributed by atoms with Crippen LogP contribution in [0.25, 0.3) is 22.0 Å². The summed E-state index contributed by atoms with van der Waals surface area (Å²) >= 11 is 0. The van der Waals surface area contributed by atoms with E-state index in [1.54, 1.807) is 12.3 Å². The molecule has 21 heavy (non-hydrogen) atoms. The van der Waals surface area contributed by atoms with Crippen LogP contribution in [0.15, 0.2) is 67.4 Å². The van der Waals surface area contributed by atoms with Crippen molar-refractivity contribution >= 4 is 10.8 Å². The number of hydrogen-bond acceptors (Lipinski definition) is 2. The highest BCUT2D eigenvalue weighted by molar-refractivity contribution is 5.97. The summed E-state index contributed by atoms with van der Waals surface area (Å²) in [6.45, 7) is 6.25. The molecule has 3 aromatic rings. The summed E-state index contributed by atoms with van der Waals surface area (Å²) in [5, 5.41) is 2.17. The number of fused-ring (bicyclic) bond motifs is 1. The van der Waals surface area contributed by atoms with Gasteiger partial charge in [-0.15, -0.1) is 0 Å². The second-order valence-corrected chi connectivity index (χ2v) is 4.98. The molecule has 104 valence electrons. The van der Waals surface area contributed by atoms with E-state index in [1.807, 2.05) is 12.1 Å². The first kappa shape index (κ1) is 13.4. The Morgan fingerprint density at radius 3 is 2.48 bits per heavy atom. The molecule has 0 amide bonds. The average Bonchev–Trinajstić information content (AvgIpc) is 2.53. The normalized spacial score (nSPS) is 10.5. The largest absolute Gasteiger partial charge is 0.487 e. The SMILES string of the molecule is C=CCOc1cnc(-c2ccc(C)cc2)c2ccccc12. The fraction of sp³-hybridized carbons (Fsp3) is 0.105. The molecular weight excluding hydrogens is 258 g/mol. The number of aryl methyl sites for hydroxylation is 1. The van der Waals surface area contributed by atoms with Crippen molar-refractivity contribution in [2.75, 3.05) is 6.61 Å². The minimum absolute atomic E-state index is 0.482. The lowest BCUT2D eigenvalue weighted by Crippen LogP contribution is -1.96. The van der Waals surface area contributed by atoms with Crippen molar-refractivity contribution in [2.24, 2.45) is 0 Å². The zero-order valence-corrected chi connectivity index (χ0v) is 12.0. The van der Waals surface area contributed by atoms with Gasteiger partial charge in [-0.2, -0.15) is 0 Å². The lowest BCUT2D eigenvalue weighted by atomic mass is 10.0. The smallest absolute Gasteiger partial charge is 0.145 e. The third-order valence-electron chi connectivity index (χ3n) is 3.44. The molecule has 0 N–H and O–H groups in total. The Morgan fingerprint density at radius 2 is 1.76 bits per heavy atom. The average molecular weight is 275 g/mol. The van der Waals surface area contributed by atoms with Crippen LogP contribution in [0.1, 0.15) is 5.56 Å². The summed E-state index contributed by atoms with van der Waals surface area (Å²) in [6, 6.07) is 16.6. The highest BCUT2D eigenvalue weighted by Gasteiger charge is 2.09. The molecule has 2 nitrogen and oxygen atoms in total. The second kappa shape index (κ2) is 5.80. The van der Waals surface area contributed by atoms with Crippen LogP contribution in [0.5, 0.6) is 5.75 Å². The third kappa shape index (κ3) is 2.65. The van der Waals surface area contributed by atoms with E-state index in [0.717, 1.165) is 27.8 Å². The van der Waals surface area contributed by atoms with Crippen LogP contribution in [-0.2, 0) is 0 Å². The predicted molar refractivity (Wildman–Crippen MR) is 87.6 cm³/mol. The van der Waals surface area contributed by atoms with E-state index in [4.69, 9.17) is 4.74 Å². The molecule has 0 aliphatic carbocycles. The lowest BCUT2D eigenvalue weighted by Gasteiger charge is -2.11. The maximum Gasteiger partial charge on any atom is 0.145 e. The molecule has 0 saturated heterocycles. The molecule has 0 spiro atoms. The molecule has 2 heteroatoms. The fourth-order valence-electron chi connectivity index (χ4n) is 2.37. The van der Waals surface area contributed by atoms with Crippen LogP contribution < -0.4 is 4.74 Å². The Kier molecular flexibility index (Phi) is 3.69. The Hall–Kier alpha value is -2.61. The van der Waals surface area contributed by atoms with Gasteiger partial charge in [-0.25, -0.2) is 0 Å². The monoisotopic (exact) mass is 275 g/mol. The summed E-state index contributed by atoms with van der Waals surface area (Å²) in [5.74, 6) is 0.793. The minimum atomic E-state index is 0.482. The Balaban J connectivity index is 2.16. The van der Waals surface area contributed by atoms with E-state index in [-0.39, 0.29) is 0 Å². The van der Waals surface area contributed by atoms with E-state index < -0.39 is 0 Å². The summed E-state index contributed by atoms with van der Waals surface area (Å²) in [7, 11) is 0. The van der Waals surface area contributed by atoms with Crippen molar-refractivity contribution in [3.8, 4) is 17.0 Å². The van der Waals surface area contributed by atoms with Gasteiger partial charge in [-0.05, 0) is 6.92 Å². The molecule has 0 fully saturated rings. The van der Waals surface area contributed by atoms with E-state index in [9.17, 15) is 0 Å². The van der Waals surface area contributed by atoms with Crippen LogP contribution in [0.2, 0.25) is 0 Å². The molecule has 0 unspecified atom stereocenters. The van der Waals surface area contributed by atoms with Crippen LogP contribution >= 0.6 is 0 Å². The zero-order valence-electron chi connectivity index (χ0n) is 12.0. The molecule has 0 aliphatic heterocycles. The zero-order chi connectivity index (χ0) is 14.7. The number of pyridine rings is 1. The highest BCUT2D eigenvalue weighted by Crippen LogP contribution is 2.32. The fourth-order valence-corrected chi connectivity index (χ4v) is 2.37. The van der Waals surface area contributed by atoms with Gasteiger partial charge >= 0.3 is 0 Å². The first-order valence-corrected chi connectivity index (χ1v) is 6.98. The number of aromatic nitrogens is 1.